The summed E-state index contributed by atoms with van der Waals surface area (Å²) in [6.07, 6.45) is 1.98. The van der Waals surface area contributed by atoms with Gasteiger partial charge >= 0.3 is 12.0 Å². The SMILES string of the molecule is O=C(NCC1(C(=O)O)CCC1)Nc1cc(F)c2ccccc2c1. The molecule has 3 rings (SSSR count). The number of hydrogen-bond donors (Lipinski definition) is 3. The first kappa shape index (κ1) is 15.3. The number of carboxylic acids is 1. The number of anilines is 1. The lowest BCUT2D eigenvalue weighted by atomic mass is 9.69. The number of carbonyl (C=O) groups excluding carboxylic acids is 1. The van der Waals surface area contributed by atoms with E-state index in [4.69, 9.17) is 0 Å². The molecule has 2 aromatic carbocycles. The monoisotopic (exact) mass is 316 g/mol. The highest BCUT2D eigenvalue weighted by Gasteiger charge is 2.44. The van der Waals surface area contributed by atoms with Gasteiger partial charge in [-0.25, -0.2) is 9.18 Å². The summed E-state index contributed by atoms with van der Waals surface area (Å²) in [5.41, 5.74) is -0.525. The Kier molecular flexibility index (Phi) is 3.90. The quantitative estimate of drug-likeness (QED) is 0.809. The molecule has 0 unspecified atom stereocenters. The second-order valence-corrected chi connectivity index (χ2v) is 5.93. The fourth-order valence-corrected chi connectivity index (χ4v) is 2.83. The van der Waals surface area contributed by atoms with Crippen LogP contribution in [0.25, 0.3) is 10.8 Å². The summed E-state index contributed by atoms with van der Waals surface area (Å²) in [6.45, 7) is 0.0736. The Labute approximate surface area is 132 Å². The highest BCUT2D eigenvalue weighted by Crippen LogP contribution is 2.40. The zero-order valence-electron chi connectivity index (χ0n) is 12.4. The third kappa shape index (κ3) is 2.97. The first-order chi connectivity index (χ1) is 11.0. The molecule has 0 bridgehead atoms. The molecule has 120 valence electrons. The molecule has 1 aliphatic rings. The van der Waals surface area contributed by atoms with Crippen molar-refractivity contribution in [3.8, 4) is 0 Å². The molecule has 0 radical (unpaired) electrons. The van der Waals surface area contributed by atoms with Gasteiger partial charge in [0.2, 0.25) is 0 Å². The van der Waals surface area contributed by atoms with Crippen LogP contribution in [0.3, 0.4) is 0 Å². The van der Waals surface area contributed by atoms with Crippen LogP contribution >= 0.6 is 0 Å². The van der Waals surface area contributed by atoms with Crippen molar-refractivity contribution in [1.29, 1.82) is 0 Å². The van der Waals surface area contributed by atoms with Crippen molar-refractivity contribution in [3.63, 3.8) is 0 Å². The number of aliphatic carboxylic acids is 1. The molecule has 23 heavy (non-hydrogen) atoms. The van der Waals surface area contributed by atoms with Crippen LogP contribution in [0.1, 0.15) is 19.3 Å². The molecular weight excluding hydrogens is 299 g/mol. The number of halogens is 1. The van der Waals surface area contributed by atoms with Gasteiger partial charge in [0.25, 0.3) is 0 Å². The van der Waals surface area contributed by atoms with Crippen molar-refractivity contribution in [1.82, 2.24) is 5.32 Å². The second kappa shape index (κ2) is 5.87. The van der Waals surface area contributed by atoms with Crippen LogP contribution < -0.4 is 10.6 Å². The van der Waals surface area contributed by atoms with Crippen molar-refractivity contribution in [2.24, 2.45) is 5.41 Å². The summed E-state index contributed by atoms with van der Waals surface area (Å²) in [6, 6.07) is 9.35. The number of urea groups is 1. The molecule has 1 fully saturated rings. The minimum absolute atomic E-state index is 0.0736. The van der Waals surface area contributed by atoms with Gasteiger partial charge in [0.1, 0.15) is 5.82 Å². The first-order valence-corrected chi connectivity index (χ1v) is 7.47. The van der Waals surface area contributed by atoms with Crippen LogP contribution in [0.2, 0.25) is 0 Å². The van der Waals surface area contributed by atoms with E-state index in [9.17, 15) is 19.1 Å². The van der Waals surface area contributed by atoms with E-state index in [2.05, 4.69) is 10.6 Å². The van der Waals surface area contributed by atoms with E-state index >= 15 is 0 Å². The zero-order chi connectivity index (χ0) is 16.4. The lowest BCUT2D eigenvalue weighted by Gasteiger charge is -2.37. The van der Waals surface area contributed by atoms with Crippen LogP contribution in [-0.2, 0) is 4.79 Å². The van der Waals surface area contributed by atoms with E-state index in [0.29, 0.717) is 29.3 Å². The van der Waals surface area contributed by atoms with E-state index in [1.165, 1.54) is 6.07 Å². The maximum Gasteiger partial charge on any atom is 0.319 e. The minimum atomic E-state index is -0.888. The van der Waals surface area contributed by atoms with Gasteiger partial charge in [-0.3, -0.25) is 4.79 Å². The van der Waals surface area contributed by atoms with Gasteiger partial charge in [-0.1, -0.05) is 30.7 Å². The summed E-state index contributed by atoms with van der Waals surface area (Å²) in [5.74, 6) is -1.31. The Hall–Kier alpha value is -2.63. The fourth-order valence-electron chi connectivity index (χ4n) is 2.83. The van der Waals surface area contributed by atoms with Crippen molar-refractivity contribution in [3.05, 3.63) is 42.2 Å². The summed E-state index contributed by atoms with van der Waals surface area (Å²) in [5, 5.41) is 15.5. The first-order valence-electron chi connectivity index (χ1n) is 7.47. The fraction of sp³-hybridized carbons (Fsp3) is 0.294. The molecule has 6 heteroatoms. The van der Waals surface area contributed by atoms with Crippen LogP contribution in [0.15, 0.2) is 36.4 Å². The van der Waals surface area contributed by atoms with Crippen molar-refractivity contribution >= 4 is 28.5 Å². The Morgan fingerprint density at radius 1 is 1.22 bits per heavy atom. The van der Waals surface area contributed by atoms with Crippen molar-refractivity contribution in [2.75, 3.05) is 11.9 Å². The molecule has 0 spiro atoms. The van der Waals surface area contributed by atoms with Gasteiger partial charge in [0.15, 0.2) is 0 Å². The number of benzene rings is 2. The number of rotatable bonds is 4. The van der Waals surface area contributed by atoms with E-state index < -0.39 is 23.2 Å². The highest BCUT2D eigenvalue weighted by atomic mass is 19.1. The number of fused-ring (bicyclic) bond motifs is 1. The average Bonchev–Trinajstić information content (AvgIpc) is 2.45. The van der Waals surface area contributed by atoms with Crippen LogP contribution in [0.5, 0.6) is 0 Å². The van der Waals surface area contributed by atoms with Gasteiger partial charge in [0, 0.05) is 17.6 Å². The topological polar surface area (TPSA) is 78.4 Å². The zero-order valence-corrected chi connectivity index (χ0v) is 12.4. The predicted molar refractivity (Wildman–Crippen MR) is 84.8 cm³/mol. The van der Waals surface area contributed by atoms with Crippen LogP contribution in [0.4, 0.5) is 14.9 Å². The molecule has 0 atom stereocenters. The predicted octanol–water partition coefficient (Wildman–Crippen LogP) is 3.36. The van der Waals surface area contributed by atoms with E-state index in [1.54, 1.807) is 30.3 Å². The number of carbonyl (C=O) groups is 2. The molecule has 5 nitrogen and oxygen atoms in total. The lowest BCUT2D eigenvalue weighted by Crippen LogP contribution is -2.48. The van der Waals surface area contributed by atoms with E-state index in [-0.39, 0.29) is 6.54 Å². The standard InChI is InChI=1S/C17H17FN2O3/c18-14-9-12(8-11-4-1-2-5-13(11)14)20-16(23)19-10-17(15(21)22)6-3-7-17/h1-2,4-5,8-9H,3,6-7,10H2,(H,21,22)(H2,19,20,23). The molecule has 0 aliphatic heterocycles. The number of amides is 2. The molecular formula is C17H17FN2O3. The maximum absolute atomic E-state index is 14.0. The lowest BCUT2D eigenvalue weighted by molar-refractivity contribution is -0.153. The van der Waals surface area contributed by atoms with Gasteiger partial charge in [-0.15, -0.1) is 0 Å². The third-order valence-electron chi connectivity index (χ3n) is 4.42. The normalized spacial score (nSPS) is 15.7. The minimum Gasteiger partial charge on any atom is -0.481 e. The Balaban J connectivity index is 1.67. The van der Waals surface area contributed by atoms with E-state index in [1.807, 2.05) is 0 Å². The molecule has 0 saturated heterocycles. The molecule has 2 amide bonds. The summed E-state index contributed by atoms with van der Waals surface area (Å²) in [7, 11) is 0. The van der Waals surface area contributed by atoms with Crippen molar-refractivity contribution in [2.45, 2.75) is 19.3 Å². The van der Waals surface area contributed by atoms with E-state index in [0.717, 1.165) is 6.42 Å². The van der Waals surface area contributed by atoms with Gasteiger partial charge in [-0.05, 0) is 30.4 Å². The number of hydrogen-bond acceptors (Lipinski definition) is 2. The average molecular weight is 316 g/mol. The van der Waals surface area contributed by atoms with Gasteiger partial charge in [0.05, 0.1) is 5.41 Å². The summed E-state index contributed by atoms with van der Waals surface area (Å²) < 4.78 is 14.0. The molecule has 1 saturated carbocycles. The Bertz CT molecular complexity index is 772. The Morgan fingerprint density at radius 3 is 2.61 bits per heavy atom. The largest absolute Gasteiger partial charge is 0.481 e. The number of nitrogens with one attached hydrogen (secondary N) is 2. The second-order valence-electron chi connectivity index (χ2n) is 5.93. The summed E-state index contributed by atoms with van der Waals surface area (Å²) in [4.78, 5) is 23.2. The highest BCUT2D eigenvalue weighted by molar-refractivity contribution is 5.94. The van der Waals surface area contributed by atoms with Crippen LogP contribution in [0, 0.1) is 11.2 Å². The summed E-state index contributed by atoms with van der Waals surface area (Å²) >= 11 is 0. The molecule has 3 N–H and O–H groups in total. The van der Waals surface area contributed by atoms with Gasteiger partial charge in [-0.2, -0.15) is 0 Å². The number of carboxylic acid groups (broad SMARTS) is 1. The molecule has 0 heterocycles. The molecule has 2 aromatic rings. The maximum atomic E-state index is 14.0. The molecule has 0 aromatic heterocycles. The molecule has 1 aliphatic carbocycles. The van der Waals surface area contributed by atoms with Gasteiger partial charge < -0.3 is 15.7 Å². The Morgan fingerprint density at radius 2 is 1.96 bits per heavy atom. The smallest absolute Gasteiger partial charge is 0.319 e. The van der Waals surface area contributed by atoms with Crippen molar-refractivity contribution < 1.29 is 19.1 Å². The van der Waals surface area contributed by atoms with Crippen LogP contribution in [-0.4, -0.2) is 23.7 Å². The third-order valence-corrected chi connectivity index (χ3v) is 4.42.